The number of hydrazone groups is 1. The number of halogens is 1. The topological polar surface area (TPSA) is 127 Å². The normalized spacial score (nSPS) is 15.0. The van der Waals surface area contributed by atoms with Crippen LogP contribution < -0.4 is 16.1 Å². The highest BCUT2D eigenvalue weighted by molar-refractivity contribution is 7.14. The van der Waals surface area contributed by atoms with Gasteiger partial charge in [0.15, 0.2) is 11.7 Å². The van der Waals surface area contributed by atoms with Crippen molar-refractivity contribution < 1.29 is 23.5 Å². The van der Waals surface area contributed by atoms with Gasteiger partial charge in [-0.25, -0.2) is 14.2 Å². The number of carbonyl (C=O) groups excluding carboxylic acids is 3. The van der Waals surface area contributed by atoms with E-state index in [0.29, 0.717) is 10.8 Å². The number of ether oxygens (including phenoxy) is 1. The molecule has 2 heterocycles. The van der Waals surface area contributed by atoms with E-state index in [4.69, 9.17) is 10.5 Å². The Hall–Kier alpha value is -4.12. The van der Waals surface area contributed by atoms with Crippen LogP contribution in [0, 0.1) is 19.7 Å². The van der Waals surface area contributed by atoms with Crippen molar-refractivity contribution in [1.82, 2.24) is 4.98 Å². The minimum atomic E-state index is -0.935. The maximum atomic E-state index is 13.2. The smallest absolute Gasteiger partial charge is 0.355 e. The lowest BCUT2D eigenvalue weighted by atomic mass is 10.0. The first kappa shape index (κ1) is 24.0. The molecule has 1 aliphatic rings. The van der Waals surface area contributed by atoms with Crippen LogP contribution in [0.1, 0.15) is 17.5 Å². The number of hydrogen-bond donors (Lipinski definition) is 2. The Morgan fingerprint density at radius 1 is 1.20 bits per heavy atom. The van der Waals surface area contributed by atoms with Crippen molar-refractivity contribution in [2.24, 2.45) is 10.8 Å². The fourth-order valence-corrected chi connectivity index (χ4v) is 4.25. The molecule has 180 valence electrons. The van der Waals surface area contributed by atoms with Gasteiger partial charge < -0.3 is 10.5 Å². The molecule has 0 bridgehead atoms. The van der Waals surface area contributed by atoms with Crippen LogP contribution in [0.2, 0.25) is 0 Å². The predicted octanol–water partition coefficient (Wildman–Crippen LogP) is 3.17. The van der Waals surface area contributed by atoms with E-state index >= 15 is 0 Å². The molecule has 2 amide bonds. The number of nitrogens with zero attached hydrogens (tertiary/aromatic N) is 3. The molecule has 1 unspecified atom stereocenters. The van der Waals surface area contributed by atoms with Gasteiger partial charge in [0, 0.05) is 17.4 Å². The van der Waals surface area contributed by atoms with Gasteiger partial charge >= 0.3 is 5.97 Å². The molecule has 3 N–H and O–H groups in total. The molecule has 1 atom stereocenters. The Labute approximate surface area is 204 Å². The van der Waals surface area contributed by atoms with Gasteiger partial charge in [0.2, 0.25) is 5.91 Å². The van der Waals surface area contributed by atoms with Gasteiger partial charge in [-0.3, -0.25) is 19.9 Å². The number of benzene rings is 2. The first-order valence-electron chi connectivity index (χ1n) is 10.6. The quantitative estimate of drug-likeness (QED) is 0.485. The van der Waals surface area contributed by atoms with E-state index in [9.17, 15) is 18.8 Å². The summed E-state index contributed by atoms with van der Waals surface area (Å²) >= 11 is 1.26. The highest BCUT2D eigenvalue weighted by Gasteiger charge is 2.36. The van der Waals surface area contributed by atoms with Gasteiger partial charge in [0.1, 0.15) is 17.6 Å². The number of nitrogens with one attached hydrogen (secondary N) is 1. The zero-order valence-electron chi connectivity index (χ0n) is 18.9. The molecule has 1 aliphatic heterocycles. The SMILES string of the molecule is Cc1ccc(C)c(-c2csc(NC(=O)COC(=O)C3=NN(c4ccc(F)cc4)C(C(N)=O)C3)n2)c1. The van der Waals surface area contributed by atoms with Gasteiger partial charge in [-0.1, -0.05) is 17.7 Å². The molecule has 2 aromatic carbocycles. The summed E-state index contributed by atoms with van der Waals surface area (Å²) in [5, 5.41) is 10.2. The van der Waals surface area contributed by atoms with Gasteiger partial charge in [0.25, 0.3) is 5.91 Å². The third-order valence-electron chi connectivity index (χ3n) is 5.32. The molecule has 3 aromatic rings. The van der Waals surface area contributed by atoms with Gasteiger partial charge in [-0.2, -0.15) is 5.10 Å². The van der Waals surface area contributed by atoms with Crippen molar-refractivity contribution in [2.45, 2.75) is 26.3 Å². The fraction of sp³-hybridized carbons (Fsp3) is 0.208. The van der Waals surface area contributed by atoms with Crippen molar-refractivity contribution in [2.75, 3.05) is 16.9 Å². The Balaban J connectivity index is 1.37. The van der Waals surface area contributed by atoms with Crippen LogP contribution in [0.25, 0.3) is 11.3 Å². The van der Waals surface area contributed by atoms with Crippen LogP contribution >= 0.6 is 11.3 Å². The minimum Gasteiger partial charge on any atom is -0.451 e. The Morgan fingerprint density at radius 2 is 1.94 bits per heavy atom. The maximum Gasteiger partial charge on any atom is 0.355 e. The molecule has 0 saturated carbocycles. The van der Waals surface area contributed by atoms with E-state index in [1.54, 1.807) is 0 Å². The summed E-state index contributed by atoms with van der Waals surface area (Å²) < 4.78 is 18.3. The number of aromatic nitrogens is 1. The Kier molecular flexibility index (Phi) is 6.87. The summed E-state index contributed by atoms with van der Waals surface area (Å²) in [5.74, 6) is -2.59. The molecule has 0 saturated heterocycles. The Morgan fingerprint density at radius 3 is 2.66 bits per heavy atom. The molecule has 0 radical (unpaired) electrons. The maximum absolute atomic E-state index is 13.2. The number of amides is 2. The molecule has 35 heavy (non-hydrogen) atoms. The van der Waals surface area contributed by atoms with E-state index < -0.39 is 36.2 Å². The summed E-state index contributed by atoms with van der Waals surface area (Å²) in [6.45, 7) is 3.41. The number of thiazole rings is 1. The molecule has 0 fully saturated rings. The lowest BCUT2D eigenvalue weighted by molar-refractivity contribution is -0.140. The van der Waals surface area contributed by atoms with Crippen LogP contribution in [0.3, 0.4) is 0 Å². The molecule has 9 nitrogen and oxygen atoms in total. The number of nitrogens with two attached hydrogens (primary N) is 1. The van der Waals surface area contributed by atoms with Gasteiger partial charge in [0.05, 0.1) is 11.4 Å². The molecule has 0 aliphatic carbocycles. The van der Waals surface area contributed by atoms with Crippen molar-refractivity contribution in [3.63, 3.8) is 0 Å². The highest BCUT2D eigenvalue weighted by Crippen LogP contribution is 2.28. The zero-order valence-corrected chi connectivity index (χ0v) is 19.8. The van der Waals surface area contributed by atoms with Crippen LogP contribution in [0.4, 0.5) is 15.2 Å². The monoisotopic (exact) mass is 495 g/mol. The second-order valence-electron chi connectivity index (χ2n) is 7.97. The van der Waals surface area contributed by atoms with Crippen LogP contribution in [-0.2, 0) is 19.1 Å². The largest absolute Gasteiger partial charge is 0.451 e. The molecular formula is C24H22FN5O4S. The van der Waals surface area contributed by atoms with E-state index in [2.05, 4.69) is 15.4 Å². The summed E-state index contributed by atoms with van der Waals surface area (Å²) in [4.78, 5) is 41.1. The first-order chi connectivity index (χ1) is 16.7. The first-order valence-corrected chi connectivity index (χ1v) is 11.5. The lowest BCUT2D eigenvalue weighted by Crippen LogP contribution is -2.39. The van der Waals surface area contributed by atoms with E-state index in [-0.39, 0.29) is 12.1 Å². The van der Waals surface area contributed by atoms with E-state index in [1.807, 2.05) is 37.4 Å². The number of aryl methyl sites for hydroxylation is 2. The van der Waals surface area contributed by atoms with Crippen LogP contribution in [0.15, 0.2) is 52.9 Å². The number of esters is 1. The number of rotatable bonds is 7. The standard InChI is InChI=1S/C24H22FN5O4S/c1-13-3-4-14(2)17(9-13)19-12-35-24(27-19)28-21(31)11-34-23(33)18-10-20(22(26)32)30(29-18)16-7-5-15(25)6-8-16/h3-9,12,20H,10-11H2,1-2H3,(H2,26,32)(H,27,28,31). The molecule has 11 heteroatoms. The third-order valence-corrected chi connectivity index (χ3v) is 6.08. The number of primary amides is 1. The molecule has 1 aromatic heterocycles. The summed E-state index contributed by atoms with van der Waals surface area (Å²) in [6.07, 6.45) is -0.0984. The predicted molar refractivity (Wildman–Crippen MR) is 131 cm³/mol. The third kappa shape index (κ3) is 5.52. The second-order valence-corrected chi connectivity index (χ2v) is 8.83. The summed E-state index contributed by atoms with van der Waals surface area (Å²) in [6, 6.07) is 10.3. The Bertz CT molecular complexity index is 1320. The average molecular weight is 496 g/mol. The van der Waals surface area contributed by atoms with Gasteiger partial charge in [-0.15, -0.1) is 11.3 Å². The second kappa shape index (κ2) is 10.0. The molecular weight excluding hydrogens is 473 g/mol. The van der Waals surface area contributed by atoms with Crippen molar-refractivity contribution in [3.8, 4) is 11.3 Å². The highest BCUT2D eigenvalue weighted by atomic mass is 32.1. The number of anilines is 2. The molecule has 4 rings (SSSR count). The fourth-order valence-electron chi connectivity index (χ4n) is 3.52. The number of hydrogen-bond acceptors (Lipinski definition) is 8. The number of carbonyl (C=O) groups is 3. The lowest BCUT2D eigenvalue weighted by Gasteiger charge is -2.20. The van der Waals surface area contributed by atoms with Crippen molar-refractivity contribution in [3.05, 3.63) is 64.8 Å². The zero-order chi connectivity index (χ0) is 25.1. The van der Waals surface area contributed by atoms with Crippen LogP contribution in [-0.4, -0.2) is 41.1 Å². The van der Waals surface area contributed by atoms with Gasteiger partial charge in [-0.05, 0) is 49.7 Å². The summed E-state index contributed by atoms with van der Waals surface area (Å²) in [5.41, 5.74) is 9.63. The van der Waals surface area contributed by atoms with Crippen LogP contribution in [0.5, 0.6) is 0 Å². The van der Waals surface area contributed by atoms with E-state index in [1.165, 1.54) is 40.6 Å². The minimum absolute atomic E-state index is 0.0719. The molecule has 0 spiro atoms. The van der Waals surface area contributed by atoms with Crippen molar-refractivity contribution >= 4 is 45.7 Å². The summed E-state index contributed by atoms with van der Waals surface area (Å²) in [7, 11) is 0. The van der Waals surface area contributed by atoms with Crippen molar-refractivity contribution in [1.29, 1.82) is 0 Å². The van der Waals surface area contributed by atoms with E-state index in [0.717, 1.165) is 22.4 Å². The average Bonchev–Trinajstić information content (AvgIpc) is 3.47.